The van der Waals surface area contributed by atoms with Gasteiger partial charge in [0.1, 0.15) is 5.82 Å². The van der Waals surface area contributed by atoms with Crippen molar-refractivity contribution in [2.75, 3.05) is 13.2 Å². The molecule has 0 aliphatic rings. The molecule has 9 nitrogen and oxygen atoms in total. The Kier molecular flexibility index (Phi) is 5.85. The van der Waals surface area contributed by atoms with Gasteiger partial charge in [-0.15, -0.1) is 0 Å². The Hall–Kier alpha value is -3.46. The quantitative estimate of drug-likeness (QED) is 0.451. The summed E-state index contributed by atoms with van der Waals surface area (Å²) in [5.41, 5.74) is 7.33. The summed E-state index contributed by atoms with van der Waals surface area (Å²) in [5, 5.41) is 18.1. The third kappa shape index (κ3) is 3.94. The Morgan fingerprint density at radius 2 is 1.86 bits per heavy atom. The Morgan fingerprint density at radius 3 is 2.57 bits per heavy atom. The number of nitro groups is 1. The van der Waals surface area contributed by atoms with Crippen molar-refractivity contribution in [2.24, 2.45) is 5.73 Å². The standard InChI is InChI=1S/C19H21N5O4/c1-3-27-15-10-9-12(11-16(15)28-4-2)17(20)19-21-18(22-23-19)13-7-5-6-8-14(13)24(25)26/h5-11,17H,3-4,20H2,1-2H3,(H,21,22,23). The summed E-state index contributed by atoms with van der Waals surface area (Å²) >= 11 is 0. The molecule has 1 atom stereocenters. The second-order valence-electron chi connectivity index (χ2n) is 5.87. The van der Waals surface area contributed by atoms with E-state index >= 15 is 0 Å². The Bertz CT molecular complexity index is 972. The van der Waals surface area contributed by atoms with Crippen LogP contribution in [0.5, 0.6) is 11.5 Å². The highest BCUT2D eigenvalue weighted by Gasteiger charge is 2.21. The summed E-state index contributed by atoms with van der Waals surface area (Å²) < 4.78 is 11.2. The van der Waals surface area contributed by atoms with Crippen LogP contribution in [-0.2, 0) is 0 Å². The molecular formula is C19H21N5O4. The molecule has 0 aliphatic carbocycles. The van der Waals surface area contributed by atoms with Crippen molar-refractivity contribution in [3.8, 4) is 22.9 Å². The second-order valence-corrected chi connectivity index (χ2v) is 5.87. The minimum absolute atomic E-state index is 0.0682. The van der Waals surface area contributed by atoms with E-state index in [0.29, 0.717) is 36.1 Å². The molecule has 0 bridgehead atoms. The van der Waals surface area contributed by atoms with Gasteiger partial charge in [0, 0.05) is 6.07 Å². The van der Waals surface area contributed by atoms with Crippen molar-refractivity contribution in [3.05, 3.63) is 64.0 Å². The smallest absolute Gasteiger partial charge is 0.280 e. The van der Waals surface area contributed by atoms with E-state index in [4.69, 9.17) is 15.2 Å². The summed E-state index contributed by atoms with van der Waals surface area (Å²) in [4.78, 5) is 15.1. The molecule has 3 aromatic rings. The van der Waals surface area contributed by atoms with Crippen LogP contribution in [0.3, 0.4) is 0 Å². The number of nitrogens with two attached hydrogens (primary N) is 1. The number of H-pyrrole nitrogens is 1. The maximum atomic E-state index is 11.2. The zero-order chi connectivity index (χ0) is 20.1. The fourth-order valence-corrected chi connectivity index (χ4v) is 2.77. The molecule has 0 spiro atoms. The number of benzene rings is 2. The molecule has 3 N–H and O–H groups in total. The third-order valence-electron chi connectivity index (χ3n) is 4.07. The average molecular weight is 383 g/mol. The van der Waals surface area contributed by atoms with Crippen LogP contribution >= 0.6 is 0 Å². The van der Waals surface area contributed by atoms with Gasteiger partial charge in [0.25, 0.3) is 5.69 Å². The van der Waals surface area contributed by atoms with Crippen LogP contribution in [0.15, 0.2) is 42.5 Å². The van der Waals surface area contributed by atoms with Gasteiger partial charge in [-0.05, 0) is 37.6 Å². The van der Waals surface area contributed by atoms with Crippen molar-refractivity contribution in [3.63, 3.8) is 0 Å². The van der Waals surface area contributed by atoms with E-state index < -0.39 is 11.0 Å². The van der Waals surface area contributed by atoms with E-state index in [0.717, 1.165) is 5.56 Å². The molecule has 0 aliphatic heterocycles. The van der Waals surface area contributed by atoms with E-state index in [1.54, 1.807) is 30.3 Å². The molecule has 1 heterocycles. The van der Waals surface area contributed by atoms with Crippen molar-refractivity contribution < 1.29 is 14.4 Å². The van der Waals surface area contributed by atoms with Gasteiger partial charge in [0.05, 0.1) is 29.7 Å². The molecule has 28 heavy (non-hydrogen) atoms. The van der Waals surface area contributed by atoms with E-state index in [-0.39, 0.29) is 11.5 Å². The van der Waals surface area contributed by atoms with Gasteiger partial charge in [-0.1, -0.05) is 18.2 Å². The predicted molar refractivity (Wildman–Crippen MR) is 103 cm³/mol. The molecule has 3 rings (SSSR count). The monoisotopic (exact) mass is 383 g/mol. The number of nitro benzene ring substituents is 1. The highest BCUT2D eigenvalue weighted by Crippen LogP contribution is 2.32. The minimum Gasteiger partial charge on any atom is -0.490 e. The van der Waals surface area contributed by atoms with Gasteiger partial charge in [0.15, 0.2) is 17.3 Å². The lowest BCUT2D eigenvalue weighted by molar-refractivity contribution is -0.384. The van der Waals surface area contributed by atoms with E-state index in [1.807, 2.05) is 19.9 Å². The van der Waals surface area contributed by atoms with Crippen molar-refractivity contribution in [2.45, 2.75) is 19.9 Å². The molecular weight excluding hydrogens is 362 g/mol. The lowest BCUT2D eigenvalue weighted by Crippen LogP contribution is -2.14. The van der Waals surface area contributed by atoms with Crippen LogP contribution in [0, 0.1) is 10.1 Å². The first kappa shape index (κ1) is 19.3. The van der Waals surface area contributed by atoms with Gasteiger partial charge in [-0.2, -0.15) is 5.10 Å². The highest BCUT2D eigenvalue weighted by molar-refractivity contribution is 5.67. The number of para-hydroxylation sites is 1. The van der Waals surface area contributed by atoms with Crippen LogP contribution in [0.1, 0.15) is 31.3 Å². The van der Waals surface area contributed by atoms with Crippen LogP contribution in [0.4, 0.5) is 5.69 Å². The average Bonchev–Trinajstić information content (AvgIpc) is 3.19. The van der Waals surface area contributed by atoms with Crippen LogP contribution in [-0.4, -0.2) is 33.3 Å². The molecule has 2 aromatic carbocycles. The van der Waals surface area contributed by atoms with Crippen molar-refractivity contribution >= 4 is 5.69 Å². The predicted octanol–water partition coefficient (Wildman–Crippen LogP) is 3.23. The van der Waals surface area contributed by atoms with E-state index in [2.05, 4.69) is 15.2 Å². The van der Waals surface area contributed by atoms with E-state index in [9.17, 15) is 10.1 Å². The first-order chi connectivity index (χ1) is 13.5. The molecule has 0 saturated carbocycles. The van der Waals surface area contributed by atoms with Gasteiger partial charge in [-0.25, -0.2) is 4.98 Å². The number of hydrogen-bond donors (Lipinski definition) is 2. The number of nitrogens with one attached hydrogen (secondary N) is 1. The number of ether oxygens (including phenoxy) is 2. The molecule has 0 saturated heterocycles. The third-order valence-corrected chi connectivity index (χ3v) is 4.07. The van der Waals surface area contributed by atoms with Crippen LogP contribution in [0.25, 0.3) is 11.4 Å². The minimum atomic E-state index is -0.612. The van der Waals surface area contributed by atoms with E-state index in [1.165, 1.54) is 6.07 Å². The topological polar surface area (TPSA) is 129 Å². The summed E-state index contributed by atoms with van der Waals surface area (Å²) in [7, 11) is 0. The molecule has 9 heteroatoms. The largest absolute Gasteiger partial charge is 0.490 e. The zero-order valence-corrected chi connectivity index (χ0v) is 15.6. The first-order valence-electron chi connectivity index (χ1n) is 8.86. The number of rotatable bonds is 8. The Labute approximate surface area is 161 Å². The number of hydrogen-bond acceptors (Lipinski definition) is 7. The lowest BCUT2D eigenvalue weighted by atomic mass is 10.1. The summed E-state index contributed by atoms with van der Waals surface area (Å²) in [6.07, 6.45) is 0. The van der Waals surface area contributed by atoms with Gasteiger partial charge >= 0.3 is 0 Å². The molecule has 146 valence electrons. The maximum absolute atomic E-state index is 11.2. The summed E-state index contributed by atoms with van der Waals surface area (Å²) in [5.74, 6) is 1.84. The fourth-order valence-electron chi connectivity index (χ4n) is 2.77. The summed E-state index contributed by atoms with van der Waals surface area (Å²) in [6.45, 7) is 4.79. The highest BCUT2D eigenvalue weighted by atomic mass is 16.6. The van der Waals surface area contributed by atoms with Gasteiger partial charge in [-0.3, -0.25) is 15.2 Å². The molecule has 0 radical (unpaired) electrons. The first-order valence-corrected chi connectivity index (χ1v) is 8.86. The molecule has 1 aromatic heterocycles. The second kappa shape index (κ2) is 8.49. The number of aromatic amines is 1. The van der Waals surface area contributed by atoms with Crippen molar-refractivity contribution in [1.82, 2.24) is 15.2 Å². The Balaban J connectivity index is 1.92. The Morgan fingerprint density at radius 1 is 1.14 bits per heavy atom. The van der Waals surface area contributed by atoms with Gasteiger partial charge in [0.2, 0.25) is 0 Å². The zero-order valence-electron chi connectivity index (χ0n) is 15.6. The fraction of sp³-hybridized carbons (Fsp3) is 0.263. The molecule has 0 fully saturated rings. The summed E-state index contributed by atoms with van der Waals surface area (Å²) in [6, 6.07) is 11.1. The van der Waals surface area contributed by atoms with Crippen LogP contribution < -0.4 is 15.2 Å². The van der Waals surface area contributed by atoms with Crippen molar-refractivity contribution in [1.29, 1.82) is 0 Å². The molecule has 1 unspecified atom stereocenters. The van der Waals surface area contributed by atoms with Gasteiger partial charge < -0.3 is 15.2 Å². The number of aromatic nitrogens is 3. The van der Waals surface area contributed by atoms with Crippen LogP contribution in [0.2, 0.25) is 0 Å². The lowest BCUT2D eigenvalue weighted by Gasteiger charge is -2.14. The normalized spacial score (nSPS) is 11.8. The molecule has 0 amide bonds. The number of nitrogens with zero attached hydrogens (tertiary/aromatic N) is 3. The maximum Gasteiger partial charge on any atom is 0.280 e. The SMILES string of the molecule is CCOc1ccc(C(N)c2nc(-c3ccccc3[N+](=O)[O-])n[nH]2)cc1OCC.